The van der Waals surface area contributed by atoms with Crippen LogP contribution >= 0.6 is 11.8 Å². The highest BCUT2D eigenvalue weighted by molar-refractivity contribution is 7.98. The number of carbonyl (C=O) groups excluding carboxylic acids is 3. The van der Waals surface area contributed by atoms with Gasteiger partial charge in [0, 0.05) is 0 Å². The summed E-state index contributed by atoms with van der Waals surface area (Å²) >= 11 is 1.51. The molecule has 166 valence electrons. The first-order valence-corrected chi connectivity index (χ1v) is 11.3. The molecule has 1 rings (SSSR count). The Hall–Kier alpha value is -1.85. The summed E-state index contributed by atoms with van der Waals surface area (Å²) in [5, 5.41) is 19.6. The van der Waals surface area contributed by atoms with Crippen molar-refractivity contribution in [1.29, 1.82) is 0 Å². The highest BCUT2D eigenvalue weighted by Gasteiger charge is 2.29. The minimum Gasteiger partial charge on any atom is -0.480 e. The van der Waals surface area contributed by atoms with Crippen molar-refractivity contribution in [3.05, 3.63) is 0 Å². The molecule has 11 heteroatoms. The SMILES string of the molecule is CSCCC(NC(=O)C(CCCCN)NC(=O)C1CCCN1)C(=O)NCC(=O)O. The molecule has 0 aromatic rings. The van der Waals surface area contributed by atoms with E-state index in [0.717, 1.165) is 25.8 Å². The largest absolute Gasteiger partial charge is 0.480 e. The van der Waals surface area contributed by atoms with Gasteiger partial charge in [-0.25, -0.2) is 0 Å². The minimum atomic E-state index is -1.16. The molecule has 3 atom stereocenters. The van der Waals surface area contributed by atoms with Crippen molar-refractivity contribution in [2.45, 2.75) is 56.7 Å². The van der Waals surface area contributed by atoms with Crippen LogP contribution in [0.2, 0.25) is 0 Å². The Balaban J connectivity index is 2.75. The van der Waals surface area contributed by atoms with Gasteiger partial charge in [-0.2, -0.15) is 11.8 Å². The van der Waals surface area contributed by atoms with Gasteiger partial charge in [0.15, 0.2) is 0 Å². The third kappa shape index (κ3) is 9.95. The van der Waals surface area contributed by atoms with Crippen LogP contribution in [0, 0.1) is 0 Å². The molecular formula is C18H33N5O5S. The molecule has 29 heavy (non-hydrogen) atoms. The molecule has 0 bridgehead atoms. The average Bonchev–Trinajstić information content (AvgIpc) is 3.23. The van der Waals surface area contributed by atoms with Gasteiger partial charge < -0.3 is 32.1 Å². The second-order valence-electron chi connectivity index (χ2n) is 6.95. The van der Waals surface area contributed by atoms with Crippen molar-refractivity contribution in [3.63, 3.8) is 0 Å². The fourth-order valence-corrected chi connectivity index (χ4v) is 3.48. The van der Waals surface area contributed by atoms with Crippen LogP contribution in [0.25, 0.3) is 0 Å². The molecule has 0 radical (unpaired) electrons. The number of rotatable bonds is 14. The number of amides is 3. The highest BCUT2D eigenvalue weighted by Crippen LogP contribution is 2.08. The highest BCUT2D eigenvalue weighted by atomic mass is 32.2. The van der Waals surface area contributed by atoms with Gasteiger partial charge in [0.05, 0.1) is 6.04 Å². The molecule has 1 saturated heterocycles. The predicted molar refractivity (Wildman–Crippen MR) is 111 cm³/mol. The van der Waals surface area contributed by atoms with Gasteiger partial charge in [-0.1, -0.05) is 0 Å². The molecule has 1 fully saturated rings. The Morgan fingerprint density at radius 3 is 2.45 bits per heavy atom. The summed E-state index contributed by atoms with van der Waals surface area (Å²) in [6, 6.07) is -1.96. The van der Waals surface area contributed by atoms with Gasteiger partial charge in [-0.15, -0.1) is 0 Å². The number of unbranched alkanes of at least 4 members (excludes halogenated alkanes) is 1. The molecule has 0 aliphatic carbocycles. The number of hydrogen-bond acceptors (Lipinski definition) is 7. The first kappa shape index (κ1) is 25.2. The number of nitrogens with two attached hydrogens (primary N) is 1. The molecule has 0 aromatic carbocycles. The molecule has 10 nitrogen and oxygen atoms in total. The van der Waals surface area contributed by atoms with E-state index < -0.39 is 36.4 Å². The Labute approximate surface area is 175 Å². The van der Waals surface area contributed by atoms with Crippen molar-refractivity contribution >= 4 is 35.5 Å². The smallest absolute Gasteiger partial charge is 0.322 e. The maximum atomic E-state index is 12.8. The van der Waals surface area contributed by atoms with Gasteiger partial charge in [0.2, 0.25) is 17.7 Å². The van der Waals surface area contributed by atoms with Crippen LogP contribution in [-0.4, -0.2) is 78.6 Å². The first-order chi connectivity index (χ1) is 13.9. The predicted octanol–water partition coefficient (Wildman–Crippen LogP) is -1.21. The standard InChI is InChI=1S/C18H33N5O5S/c1-29-10-7-14(16(26)21-11-15(24)25)23-18(28)13(5-2-3-8-19)22-17(27)12-6-4-9-20-12/h12-14,20H,2-11,19H2,1H3,(H,21,26)(H,22,27)(H,23,28)(H,24,25). The number of hydrogen-bond donors (Lipinski definition) is 6. The van der Waals surface area contributed by atoms with Crippen molar-refractivity contribution in [2.24, 2.45) is 5.73 Å². The first-order valence-electron chi connectivity index (χ1n) is 9.91. The van der Waals surface area contributed by atoms with E-state index in [4.69, 9.17) is 10.8 Å². The van der Waals surface area contributed by atoms with Gasteiger partial charge in [-0.3, -0.25) is 19.2 Å². The van der Waals surface area contributed by atoms with Gasteiger partial charge in [-0.05, 0) is 63.6 Å². The fourth-order valence-electron chi connectivity index (χ4n) is 3.01. The summed E-state index contributed by atoms with van der Waals surface area (Å²) in [6.07, 6.45) is 5.64. The number of carboxylic acid groups (broad SMARTS) is 1. The van der Waals surface area contributed by atoms with E-state index in [2.05, 4.69) is 21.3 Å². The molecule has 1 aliphatic heterocycles. The number of carboxylic acids is 1. The van der Waals surface area contributed by atoms with Gasteiger partial charge in [0.25, 0.3) is 0 Å². The summed E-state index contributed by atoms with van der Waals surface area (Å²) in [4.78, 5) is 48.2. The molecule has 0 spiro atoms. The molecule has 3 amide bonds. The Morgan fingerprint density at radius 2 is 1.86 bits per heavy atom. The lowest BCUT2D eigenvalue weighted by atomic mass is 10.1. The second kappa shape index (κ2) is 14.2. The van der Waals surface area contributed by atoms with Gasteiger partial charge in [0.1, 0.15) is 18.6 Å². The van der Waals surface area contributed by atoms with Crippen LogP contribution in [0.3, 0.4) is 0 Å². The van der Waals surface area contributed by atoms with E-state index in [0.29, 0.717) is 31.6 Å². The summed E-state index contributed by atoms with van der Waals surface area (Å²) in [5.74, 6) is -1.79. The number of aliphatic carboxylic acids is 1. The lowest BCUT2D eigenvalue weighted by Gasteiger charge is -2.24. The molecule has 7 N–H and O–H groups in total. The van der Waals surface area contributed by atoms with Crippen LogP contribution in [0.4, 0.5) is 0 Å². The van der Waals surface area contributed by atoms with Crippen LogP contribution < -0.4 is 27.0 Å². The summed E-state index contributed by atoms with van der Waals surface area (Å²) in [5.41, 5.74) is 5.52. The summed E-state index contributed by atoms with van der Waals surface area (Å²) < 4.78 is 0. The maximum Gasteiger partial charge on any atom is 0.322 e. The monoisotopic (exact) mass is 431 g/mol. The number of thioether (sulfide) groups is 1. The van der Waals surface area contributed by atoms with E-state index in [-0.39, 0.29) is 11.9 Å². The average molecular weight is 432 g/mol. The lowest BCUT2D eigenvalue weighted by Crippen LogP contribution is -2.56. The Bertz CT molecular complexity index is 557. The quantitative estimate of drug-likeness (QED) is 0.187. The van der Waals surface area contributed by atoms with Crippen molar-refractivity contribution in [1.82, 2.24) is 21.3 Å². The zero-order valence-corrected chi connectivity index (χ0v) is 17.7. The molecule has 0 saturated carbocycles. The van der Waals surface area contributed by atoms with E-state index in [1.807, 2.05) is 6.26 Å². The Kier molecular flexibility index (Phi) is 12.3. The molecule has 1 aliphatic rings. The molecule has 1 heterocycles. The second-order valence-corrected chi connectivity index (χ2v) is 7.93. The topological polar surface area (TPSA) is 163 Å². The Morgan fingerprint density at radius 1 is 1.14 bits per heavy atom. The van der Waals surface area contributed by atoms with Crippen molar-refractivity contribution in [2.75, 3.05) is 31.6 Å². The van der Waals surface area contributed by atoms with E-state index in [9.17, 15) is 19.2 Å². The van der Waals surface area contributed by atoms with E-state index in [1.165, 1.54) is 11.8 Å². The fraction of sp³-hybridized carbons (Fsp3) is 0.778. The summed E-state index contributed by atoms with van der Waals surface area (Å²) in [6.45, 7) is 0.734. The zero-order chi connectivity index (χ0) is 21.6. The lowest BCUT2D eigenvalue weighted by molar-refractivity contribution is -0.138. The molecule has 0 aromatic heterocycles. The van der Waals surface area contributed by atoms with Gasteiger partial charge >= 0.3 is 5.97 Å². The van der Waals surface area contributed by atoms with Crippen molar-refractivity contribution in [3.8, 4) is 0 Å². The molecular weight excluding hydrogens is 398 g/mol. The number of carbonyl (C=O) groups is 4. The van der Waals surface area contributed by atoms with Crippen LogP contribution in [0.5, 0.6) is 0 Å². The maximum absolute atomic E-state index is 12.8. The summed E-state index contributed by atoms with van der Waals surface area (Å²) in [7, 11) is 0. The van der Waals surface area contributed by atoms with Crippen LogP contribution in [0.1, 0.15) is 38.5 Å². The minimum absolute atomic E-state index is 0.230. The van der Waals surface area contributed by atoms with Crippen molar-refractivity contribution < 1.29 is 24.3 Å². The normalized spacial score (nSPS) is 17.9. The van der Waals surface area contributed by atoms with E-state index in [1.54, 1.807) is 0 Å². The number of nitrogens with one attached hydrogen (secondary N) is 4. The zero-order valence-electron chi connectivity index (χ0n) is 16.9. The third-order valence-corrected chi connectivity index (χ3v) is 5.26. The third-order valence-electron chi connectivity index (χ3n) is 4.61. The molecule has 3 unspecified atom stereocenters. The van der Waals surface area contributed by atoms with Crippen LogP contribution in [-0.2, 0) is 19.2 Å². The van der Waals surface area contributed by atoms with Crippen LogP contribution in [0.15, 0.2) is 0 Å². The van der Waals surface area contributed by atoms with E-state index >= 15 is 0 Å².